The number of esters is 1. The third kappa shape index (κ3) is 7.86. The molecule has 3 atom stereocenters. The molecule has 30 heavy (non-hydrogen) atoms. The molecule has 1 aliphatic rings. The second kappa shape index (κ2) is 11.8. The van der Waals surface area contributed by atoms with E-state index in [1.165, 1.54) is 24.8 Å². The molecule has 0 aromatic heterocycles. The average Bonchev–Trinajstić information content (AvgIpc) is 2.71. The zero-order chi connectivity index (χ0) is 22.9. The molecule has 0 fully saturated rings. The summed E-state index contributed by atoms with van der Waals surface area (Å²) < 4.78 is 5.20. The van der Waals surface area contributed by atoms with Gasteiger partial charge in [-0.05, 0) is 71.3 Å². The highest BCUT2D eigenvalue weighted by Gasteiger charge is 2.43. The number of hydrogen-bond acceptors (Lipinski definition) is 5. The molecule has 0 heterocycles. The van der Waals surface area contributed by atoms with E-state index in [0.29, 0.717) is 12.0 Å². The predicted molar refractivity (Wildman–Crippen MR) is 119 cm³/mol. The first-order chi connectivity index (χ1) is 14.0. The zero-order valence-electron chi connectivity index (χ0n) is 19.2. The van der Waals surface area contributed by atoms with Crippen molar-refractivity contribution in [3.63, 3.8) is 0 Å². The van der Waals surface area contributed by atoms with Crippen molar-refractivity contribution in [2.75, 3.05) is 6.61 Å². The largest absolute Gasteiger partial charge is 0.432 e. The Kier molecular flexibility index (Phi) is 10.1. The van der Waals surface area contributed by atoms with Crippen LogP contribution in [0.4, 0.5) is 0 Å². The summed E-state index contributed by atoms with van der Waals surface area (Å²) in [5, 5.41) is 9.70. The molecule has 0 aromatic carbocycles. The van der Waals surface area contributed by atoms with E-state index in [0.717, 1.165) is 18.4 Å². The van der Waals surface area contributed by atoms with Crippen molar-refractivity contribution < 1.29 is 24.2 Å². The van der Waals surface area contributed by atoms with E-state index >= 15 is 0 Å². The number of aliphatic hydroxyl groups excluding tert-OH is 1. The summed E-state index contributed by atoms with van der Waals surface area (Å²) >= 11 is 0. The van der Waals surface area contributed by atoms with Crippen LogP contribution in [0.15, 0.2) is 47.3 Å². The van der Waals surface area contributed by atoms with Crippen LogP contribution in [0.3, 0.4) is 0 Å². The van der Waals surface area contributed by atoms with Crippen molar-refractivity contribution in [3.05, 3.63) is 47.3 Å². The lowest BCUT2D eigenvalue weighted by atomic mass is 9.65. The highest BCUT2D eigenvalue weighted by Crippen LogP contribution is 2.46. The van der Waals surface area contributed by atoms with Crippen LogP contribution < -0.4 is 0 Å². The van der Waals surface area contributed by atoms with Crippen molar-refractivity contribution in [2.24, 2.45) is 17.3 Å². The van der Waals surface area contributed by atoms with Crippen molar-refractivity contribution >= 4 is 17.5 Å². The molecule has 0 saturated carbocycles. The Bertz CT molecular complexity index is 760. The van der Waals surface area contributed by atoms with Gasteiger partial charge in [-0.3, -0.25) is 4.79 Å². The first-order valence-electron chi connectivity index (χ1n) is 10.5. The van der Waals surface area contributed by atoms with Crippen LogP contribution in [0.2, 0.25) is 0 Å². The Morgan fingerprint density at radius 3 is 2.40 bits per heavy atom. The number of ketones is 2. The second-order valence-electron chi connectivity index (χ2n) is 8.96. The van der Waals surface area contributed by atoms with Gasteiger partial charge >= 0.3 is 5.97 Å². The lowest BCUT2D eigenvalue weighted by molar-refractivity contribution is -0.132. The van der Waals surface area contributed by atoms with E-state index < -0.39 is 11.9 Å². The lowest BCUT2D eigenvalue weighted by Crippen LogP contribution is -2.35. The maximum absolute atomic E-state index is 13.1. The summed E-state index contributed by atoms with van der Waals surface area (Å²) in [5.41, 5.74) is 2.07. The summed E-state index contributed by atoms with van der Waals surface area (Å²) in [6.45, 7) is 10.9. The van der Waals surface area contributed by atoms with Crippen molar-refractivity contribution in [2.45, 2.75) is 67.2 Å². The van der Waals surface area contributed by atoms with Gasteiger partial charge in [0.15, 0.2) is 5.78 Å². The normalized spacial score (nSPS) is 24.1. The van der Waals surface area contributed by atoms with Gasteiger partial charge < -0.3 is 14.6 Å². The molecule has 1 aliphatic carbocycles. The minimum absolute atomic E-state index is 0.0841. The van der Waals surface area contributed by atoms with Crippen LogP contribution in [0, 0.1) is 17.3 Å². The number of ether oxygens (including phenoxy) is 1. The highest BCUT2D eigenvalue weighted by atomic mass is 16.5. The second-order valence-corrected chi connectivity index (χ2v) is 8.96. The fraction of sp³-hybridized carbons (Fsp3) is 0.560. The van der Waals surface area contributed by atoms with Gasteiger partial charge in [0, 0.05) is 24.0 Å². The fourth-order valence-corrected chi connectivity index (χ4v) is 3.94. The summed E-state index contributed by atoms with van der Waals surface area (Å²) in [4.78, 5) is 36.9. The number of Topliss-reactive ketones (excluding diaryl/α,β-unsaturated/α-hetero) is 2. The maximum atomic E-state index is 13.1. The smallest absolute Gasteiger partial charge is 0.335 e. The summed E-state index contributed by atoms with van der Waals surface area (Å²) in [7, 11) is 0. The Labute approximate surface area is 180 Å². The number of rotatable bonds is 9. The van der Waals surface area contributed by atoms with Crippen LogP contribution in [0.25, 0.3) is 0 Å². The summed E-state index contributed by atoms with van der Waals surface area (Å²) in [5.74, 6) is -1.67. The highest BCUT2D eigenvalue weighted by molar-refractivity contribution is 6.00. The van der Waals surface area contributed by atoms with E-state index in [1.54, 1.807) is 26.0 Å². The standard InChI is InChI=1S/C25H36O5/c1-17(2)8-7-11-25(6)12-9-20(16-26)24(29)21(15-19(5)27)22(25)10-13-30-23(28)14-18(3)4/h8-10,13-14,21-22,26H,7,11-12,15-16H2,1-6H3/b13-10+/t21?,22?,25-/m0/s1. The Morgan fingerprint density at radius 2 is 1.87 bits per heavy atom. The van der Waals surface area contributed by atoms with Crippen molar-refractivity contribution in [1.82, 2.24) is 0 Å². The molecule has 5 heteroatoms. The number of hydrogen-bond donors (Lipinski definition) is 1. The summed E-state index contributed by atoms with van der Waals surface area (Å²) in [6.07, 6.45) is 10.8. The van der Waals surface area contributed by atoms with Gasteiger partial charge in [-0.2, -0.15) is 0 Å². The topological polar surface area (TPSA) is 80.7 Å². The molecule has 2 unspecified atom stereocenters. The third-order valence-electron chi connectivity index (χ3n) is 5.53. The fourth-order valence-electron chi connectivity index (χ4n) is 3.94. The Hall–Kier alpha value is -2.27. The Balaban J connectivity index is 3.33. The van der Waals surface area contributed by atoms with E-state index in [1.807, 2.05) is 13.8 Å². The molecule has 1 N–H and O–H groups in total. The molecule has 1 rings (SSSR count). The molecule has 166 valence electrons. The van der Waals surface area contributed by atoms with E-state index in [4.69, 9.17) is 4.74 Å². The van der Waals surface area contributed by atoms with Crippen LogP contribution in [-0.2, 0) is 19.1 Å². The molecule has 5 nitrogen and oxygen atoms in total. The van der Waals surface area contributed by atoms with Crippen LogP contribution in [0.5, 0.6) is 0 Å². The quantitative estimate of drug-likeness (QED) is 0.251. The van der Waals surface area contributed by atoms with Crippen LogP contribution in [-0.4, -0.2) is 29.2 Å². The van der Waals surface area contributed by atoms with Crippen LogP contribution in [0.1, 0.15) is 67.2 Å². The van der Waals surface area contributed by atoms with Gasteiger partial charge in [-0.25, -0.2) is 4.79 Å². The maximum Gasteiger partial charge on any atom is 0.335 e. The van der Waals surface area contributed by atoms with Crippen molar-refractivity contribution in [3.8, 4) is 0 Å². The van der Waals surface area contributed by atoms with Gasteiger partial charge in [-0.15, -0.1) is 0 Å². The SMILES string of the molecule is CC(=O)CC1C(=O)C(CO)=CC[C@](C)(CCC=C(C)C)C1/C=C/OC(=O)C=C(C)C. The number of allylic oxidation sites excluding steroid dienone is 5. The first-order valence-corrected chi connectivity index (χ1v) is 10.5. The minimum Gasteiger partial charge on any atom is -0.432 e. The van der Waals surface area contributed by atoms with Gasteiger partial charge in [0.2, 0.25) is 0 Å². The molecular formula is C25H36O5. The first kappa shape index (κ1) is 25.8. The molecule has 0 bridgehead atoms. The molecule has 0 amide bonds. The molecular weight excluding hydrogens is 380 g/mol. The molecule has 0 aliphatic heterocycles. The van der Waals surface area contributed by atoms with Crippen molar-refractivity contribution in [1.29, 1.82) is 0 Å². The third-order valence-corrected chi connectivity index (χ3v) is 5.53. The number of aliphatic hydroxyl groups is 1. The van der Waals surface area contributed by atoms with Gasteiger partial charge in [-0.1, -0.05) is 30.2 Å². The number of carbonyl (C=O) groups excluding carboxylic acids is 3. The van der Waals surface area contributed by atoms with Gasteiger partial charge in [0.1, 0.15) is 5.78 Å². The lowest BCUT2D eigenvalue weighted by Gasteiger charge is -2.38. The van der Waals surface area contributed by atoms with Gasteiger partial charge in [0.05, 0.1) is 12.9 Å². The number of carbonyl (C=O) groups is 3. The molecule has 0 saturated heterocycles. The van der Waals surface area contributed by atoms with E-state index in [2.05, 4.69) is 13.0 Å². The summed E-state index contributed by atoms with van der Waals surface area (Å²) in [6, 6.07) is 0. The minimum atomic E-state index is -0.599. The van der Waals surface area contributed by atoms with E-state index in [-0.39, 0.29) is 35.9 Å². The van der Waals surface area contributed by atoms with Crippen LogP contribution >= 0.6 is 0 Å². The average molecular weight is 417 g/mol. The monoisotopic (exact) mass is 416 g/mol. The molecule has 0 aromatic rings. The zero-order valence-corrected chi connectivity index (χ0v) is 19.2. The van der Waals surface area contributed by atoms with E-state index in [9.17, 15) is 19.5 Å². The molecule has 0 radical (unpaired) electrons. The Morgan fingerprint density at radius 1 is 1.20 bits per heavy atom. The molecule has 0 spiro atoms. The van der Waals surface area contributed by atoms with Gasteiger partial charge in [0.25, 0.3) is 0 Å². The predicted octanol–water partition coefficient (Wildman–Crippen LogP) is 4.87.